The van der Waals surface area contributed by atoms with Gasteiger partial charge in [-0.3, -0.25) is 4.90 Å². The minimum atomic E-state index is 0.186. The second-order valence-corrected chi connectivity index (χ2v) is 3.48. The van der Waals surface area contributed by atoms with Gasteiger partial charge in [0.25, 0.3) is 0 Å². The Balaban J connectivity index is 2.26. The Morgan fingerprint density at radius 1 is 1.77 bits per heavy atom. The van der Waals surface area contributed by atoms with E-state index in [1.165, 1.54) is 0 Å². The predicted molar refractivity (Wildman–Crippen MR) is 53.5 cm³/mol. The summed E-state index contributed by atoms with van der Waals surface area (Å²) in [7, 11) is 2.03. The van der Waals surface area contributed by atoms with Gasteiger partial charge >= 0.3 is 0 Å². The van der Waals surface area contributed by atoms with E-state index < -0.39 is 0 Å². The number of likely N-dealkylation sites (N-methyl/N-ethyl adjacent to an activating group) is 1. The zero-order valence-corrected chi connectivity index (χ0v) is 8.42. The lowest BCUT2D eigenvalue weighted by atomic mass is 10.2. The second-order valence-electron chi connectivity index (χ2n) is 3.48. The minimum absolute atomic E-state index is 0.186. The molecule has 0 amide bonds. The van der Waals surface area contributed by atoms with Gasteiger partial charge in [0.05, 0.1) is 18.8 Å². The molecule has 74 valence electrons. The van der Waals surface area contributed by atoms with Crippen LogP contribution < -0.4 is 5.32 Å². The van der Waals surface area contributed by atoms with Crippen LogP contribution in [0.4, 0.5) is 0 Å². The number of hydrogen-bond acceptors (Lipinski definition) is 3. The Morgan fingerprint density at radius 3 is 3.08 bits per heavy atom. The van der Waals surface area contributed by atoms with Gasteiger partial charge in [0.1, 0.15) is 0 Å². The molecule has 0 aromatic carbocycles. The van der Waals surface area contributed by atoms with Crippen molar-refractivity contribution < 1.29 is 4.74 Å². The van der Waals surface area contributed by atoms with Gasteiger partial charge in [0.2, 0.25) is 0 Å². The van der Waals surface area contributed by atoms with Gasteiger partial charge in [0, 0.05) is 19.6 Å². The van der Waals surface area contributed by atoms with Crippen molar-refractivity contribution in [2.75, 3.05) is 33.3 Å². The summed E-state index contributed by atoms with van der Waals surface area (Å²) in [6, 6.07) is 0.186. The number of rotatable bonds is 3. The van der Waals surface area contributed by atoms with Gasteiger partial charge in [-0.1, -0.05) is 5.92 Å². The standard InChI is InChI=1S/C10H18N2O/c1-4-9(2)12(3)8-10-7-11-5-6-13-10/h1,9-11H,5-8H2,2-3H3. The molecule has 0 radical (unpaired) electrons. The van der Waals surface area contributed by atoms with E-state index in [0.29, 0.717) is 0 Å². The maximum Gasteiger partial charge on any atom is 0.0827 e. The molecule has 1 rings (SSSR count). The van der Waals surface area contributed by atoms with Gasteiger partial charge in [-0.2, -0.15) is 0 Å². The summed E-state index contributed by atoms with van der Waals surface area (Å²) in [6.07, 6.45) is 5.62. The summed E-state index contributed by atoms with van der Waals surface area (Å²) in [5.74, 6) is 2.70. The second kappa shape index (κ2) is 5.23. The number of terminal acetylenes is 1. The van der Waals surface area contributed by atoms with E-state index in [1.807, 2.05) is 14.0 Å². The molecule has 1 fully saturated rings. The van der Waals surface area contributed by atoms with Crippen molar-refractivity contribution in [2.24, 2.45) is 0 Å². The van der Waals surface area contributed by atoms with Gasteiger partial charge in [-0.15, -0.1) is 6.42 Å². The maximum absolute atomic E-state index is 5.57. The summed E-state index contributed by atoms with van der Waals surface area (Å²) in [6.45, 7) is 5.63. The average molecular weight is 182 g/mol. The molecule has 1 aliphatic heterocycles. The molecule has 1 N–H and O–H groups in total. The number of nitrogens with zero attached hydrogens (tertiary/aromatic N) is 1. The molecule has 2 atom stereocenters. The molecular weight excluding hydrogens is 164 g/mol. The quantitative estimate of drug-likeness (QED) is 0.618. The first-order valence-corrected chi connectivity index (χ1v) is 4.72. The number of morpholine rings is 1. The zero-order valence-electron chi connectivity index (χ0n) is 8.42. The normalized spacial score (nSPS) is 25.5. The molecular formula is C10H18N2O. The van der Waals surface area contributed by atoms with Crippen LogP contribution in [-0.2, 0) is 4.74 Å². The van der Waals surface area contributed by atoms with E-state index in [2.05, 4.69) is 16.1 Å². The molecule has 1 heterocycles. The fourth-order valence-electron chi connectivity index (χ4n) is 1.34. The van der Waals surface area contributed by atoms with Crippen LogP contribution in [0, 0.1) is 12.3 Å². The van der Waals surface area contributed by atoms with Crippen LogP contribution in [0.1, 0.15) is 6.92 Å². The summed E-state index contributed by atoms with van der Waals surface area (Å²) in [5, 5.41) is 3.29. The van der Waals surface area contributed by atoms with E-state index in [0.717, 1.165) is 26.2 Å². The van der Waals surface area contributed by atoms with E-state index >= 15 is 0 Å². The fraction of sp³-hybridized carbons (Fsp3) is 0.800. The number of nitrogens with one attached hydrogen (secondary N) is 1. The van der Waals surface area contributed by atoms with Crippen LogP contribution >= 0.6 is 0 Å². The number of ether oxygens (including phenoxy) is 1. The van der Waals surface area contributed by atoms with Crippen molar-refractivity contribution in [3.8, 4) is 12.3 Å². The van der Waals surface area contributed by atoms with Crippen molar-refractivity contribution in [2.45, 2.75) is 19.1 Å². The highest BCUT2D eigenvalue weighted by Gasteiger charge is 2.17. The first kappa shape index (κ1) is 10.5. The lowest BCUT2D eigenvalue weighted by Gasteiger charge is -2.29. The Hall–Kier alpha value is -0.560. The van der Waals surface area contributed by atoms with E-state index in [9.17, 15) is 0 Å². The van der Waals surface area contributed by atoms with Crippen molar-refractivity contribution >= 4 is 0 Å². The summed E-state index contributed by atoms with van der Waals surface area (Å²) in [5.41, 5.74) is 0. The van der Waals surface area contributed by atoms with Crippen molar-refractivity contribution in [1.29, 1.82) is 0 Å². The first-order valence-electron chi connectivity index (χ1n) is 4.72. The molecule has 0 aromatic rings. The highest BCUT2D eigenvalue weighted by atomic mass is 16.5. The van der Waals surface area contributed by atoms with Crippen LogP contribution in [0.15, 0.2) is 0 Å². The third-order valence-corrected chi connectivity index (χ3v) is 2.40. The van der Waals surface area contributed by atoms with E-state index in [1.54, 1.807) is 0 Å². The van der Waals surface area contributed by atoms with Crippen molar-refractivity contribution in [3.63, 3.8) is 0 Å². The molecule has 0 aromatic heterocycles. The molecule has 0 aliphatic carbocycles. The summed E-state index contributed by atoms with van der Waals surface area (Å²) >= 11 is 0. The van der Waals surface area contributed by atoms with Gasteiger partial charge in [-0.25, -0.2) is 0 Å². The SMILES string of the molecule is C#CC(C)N(C)CC1CNCCO1. The average Bonchev–Trinajstić information content (AvgIpc) is 2.18. The summed E-state index contributed by atoms with van der Waals surface area (Å²) < 4.78 is 5.57. The van der Waals surface area contributed by atoms with Crippen LogP contribution in [0.3, 0.4) is 0 Å². The van der Waals surface area contributed by atoms with Crippen LogP contribution in [0.2, 0.25) is 0 Å². The Kier molecular flexibility index (Phi) is 4.23. The van der Waals surface area contributed by atoms with Gasteiger partial charge in [0.15, 0.2) is 0 Å². The maximum atomic E-state index is 5.57. The molecule has 2 unspecified atom stereocenters. The van der Waals surface area contributed by atoms with Crippen LogP contribution in [-0.4, -0.2) is 50.3 Å². The zero-order chi connectivity index (χ0) is 9.68. The van der Waals surface area contributed by atoms with Crippen LogP contribution in [0.5, 0.6) is 0 Å². The van der Waals surface area contributed by atoms with E-state index in [-0.39, 0.29) is 12.1 Å². The van der Waals surface area contributed by atoms with Gasteiger partial charge in [-0.05, 0) is 14.0 Å². The Bertz CT molecular complexity index is 182. The molecule has 1 aliphatic rings. The molecule has 0 saturated carbocycles. The monoisotopic (exact) mass is 182 g/mol. The Morgan fingerprint density at radius 2 is 2.54 bits per heavy atom. The highest BCUT2D eigenvalue weighted by Crippen LogP contribution is 2.01. The molecule has 3 heteroatoms. The number of hydrogen-bond donors (Lipinski definition) is 1. The molecule has 3 nitrogen and oxygen atoms in total. The third kappa shape index (κ3) is 3.35. The highest BCUT2D eigenvalue weighted by molar-refractivity contribution is 4.96. The van der Waals surface area contributed by atoms with Crippen molar-refractivity contribution in [1.82, 2.24) is 10.2 Å². The largest absolute Gasteiger partial charge is 0.374 e. The van der Waals surface area contributed by atoms with Gasteiger partial charge < -0.3 is 10.1 Å². The minimum Gasteiger partial charge on any atom is -0.374 e. The summed E-state index contributed by atoms with van der Waals surface area (Å²) in [4.78, 5) is 2.14. The molecule has 1 saturated heterocycles. The third-order valence-electron chi connectivity index (χ3n) is 2.40. The lowest BCUT2D eigenvalue weighted by molar-refractivity contribution is 0.00754. The first-order chi connectivity index (χ1) is 6.24. The Labute approximate surface area is 80.4 Å². The fourth-order valence-corrected chi connectivity index (χ4v) is 1.34. The molecule has 0 bridgehead atoms. The topological polar surface area (TPSA) is 24.5 Å². The molecule has 13 heavy (non-hydrogen) atoms. The smallest absolute Gasteiger partial charge is 0.0827 e. The van der Waals surface area contributed by atoms with Crippen molar-refractivity contribution in [3.05, 3.63) is 0 Å². The van der Waals surface area contributed by atoms with Crippen LogP contribution in [0.25, 0.3) is 0 Å². The predicted octanol–water partition coefficient (Wildman–Crippen LogP) is -0.0717. The van der Waals surface area contributed by atoms with E-state index in [4.69, 9.17) is 11.2 Å². The molecule has 0 spiro atoms. The lowest BCUT2D eigenvalue weighted by Crippen LogP contribution is -2.46.